The van der Waals surface area contributed by atoms with E-state index in [-0.39, 0.29) is 11.3 Å². The van der Waals surface area contributed by atoms with Gasteiger partial charge in [0.2, 0.25) is 5.91 Å². The van der Waals surface area contributed by atoms with Gasteiger partial charge in [0.1, 0.15) is 0 Å². The minimum atomic E-state index is -0.0308. The van der Waals surface area contributed by atoms with Crippen molar-refractivity contribution in [1.82, 2.24) is 4.90 Å². The van der Waals surface area contributed by atoms with Gasteiger partial charge in [-0.3, -0.25) is 9.79 Å². The van der Waals surface area contributed by atoms with Gasteiger partial charge in [0, 0.05) is 24.4 Å². The first-order chi connectivity index (χ1) is 9.31. The number of rotatable bonds is 5. The highest BCUT2D eigenvalue weighted by atomic mass is 16.2. The van der Waals surface area contributed by atoms with Crippen molar-refractivity contribution < 1.29 is 4.79 Å². The van der Waals surface area contributed by atoms with E-state index in [0.29, 0.717) is 6.04 Å². The number of carbonyl (C=O) groups is 1. The smallest absolute Gasteiger partial charge is 0.250 e. The van der Waals surface area contributed by atoms with Gasteiger partial charge in [-0.1, -0.05) is 34.1 Å². The number of amides is 1. The molecule has 112 valence electrons. The molecule has 0 aromatic heterocycles. The first kappa shape index (κ1) is 16.7. The zero-order chi connectivity index (χ0) is 15.3. The van der Waals surface area contributed by atoms with E-state index in [4.69, 9.17) is 0 Å². The lowest BCUT2D eigenvalue weighted by Crippen LogP contribution is -2.34. The summed E-state index contributed by atoms with van der Waals surface area (Å²) in [5, 5.41) is 0. The highest BCUT2D eigenvalue weighted by molar-refractivity contribution is 5.96. The van der Waals surface area contributed by atoms with Gasteiger partial charge in [0.25, 0.3) is 0 Å². The molecular formula is C17H28N2O. The second-order valence-corrected chi connectivity index (χ2v) is 6.57. The van der Waals surface area contributed by atoms with Gasteiger partial charge in [0.15, 0.2) is 0 Å². The van der Waals surface area contributed by atoms with Crippen molar-refractivity contribution in [3.05, 3.63) is 23.4 Å². The Hall–Kier alpha value is -1.38. The van der Waals surface area contributed by atoms with Crippen LogP contribution in [0.4, 0.5) is 0 Å². The molecule has 0 radical (unpaired) electrons. The average molecular weight is 276 g/mol. The lowest BCUT2D eigenvalue weighted by Gasteiger charge is -2.23. The van der Waals surface area contributed by atoms with Gasteiger partial charge >= 0.3 is 0 Å². The van der Waals surface area contributed by atoms with Crippen molar-refractivity contribution in [2.24, 2.45) is 10.4 Å². The number of likely N-dealkylation sites (tertiary alicyclic amines) is 1. The predicted octanol–water partition coefficient (Wildman–Crippen LogP) is 3.96. The molecular weight excluding hydrogens is 248 g/mol. The maximum atomic E-state index is 12.5. The third-order valence-electron chi connectivity index (χ3n) is 3.82. The van der Waals surface area contributed by atoms with Crippen LogP contribution < -0.4 is 0 Å². The summed E-state index contributed by atoms with van der Waals surface area (Å²) in [4.78, 5) is 18.3. The highest BCUT2D eigenvalue weighted by Crippen LogP contribution is 2.30. The molecule has 1 aliphatic heterocycles. The summed E-state index contributed by atoms with van der Waals surface area (Å²) in [7, 11) is 0. The molecule has 0 aliphatic carbocycles. The molecule has 1 aliphatic rings. The number of allylic oxidation sites excluding steroid dienone is 2. The molecule has 3 heteroatoms. The van der Waals surface area contributed by atoms with E-state index in [1.165, 1.54) is 0 Å². The molecule has 0 saturated carbocycles. The first-order valence-corrected chi connectivity index (χ1v) is 7.49. The van der Waals surface area contributed by atoms with Crippen LogP contribution in [0.1, 0.15) is 53.9 Å². The molecule has 0 bridgehead atoms. The number of carbonyl (C=O) groups excluding carboxylic acids is 1. The van der Waals surface area contributed by atoms with Gasteiger partial charge in [0.05, 0.1) is 0 Å². The maximum absolute atomic E-state index is 12.5. The zero-order valence-electron chi connectivity index (χ0n) is 13.6. The van der Waals surface area contributed by atoms with Gasteiger partial charge in [-0.05, 0) is 43.5 Å². The molecule has 1 rings (SSSR count). The standard InChI is InChI=1S/C17H28N2O/c1-7-8-13(2)19-10-9-14(16(19)20)11-15(12-18-6)17(3,4)5/h11-13H,6-10H2,1-5H3/b14-11+,15-12+. The Bertz CT molecular complexity index is 427. The molecule has 3 nitrogen and oxygen atoms in total. The number of aliphatic imine (C=N–C) groups is 1. The molecule has 1 amide bonds. The molecule has 0 N–H and O–H groups in total. The summed E-state index contributed by atoms with van der Waals surface area (Å²) >= 11 is 0. The SMILES string of the molecule is C=N/C=C(\C=C1/CCN(C(C)CCC)C1=O)C(C)(C)C. The number of hydrogen-bond acceptors (Lipinski definition) is 2. The summed E-state index contributed by atoms with van der Waals surface area (Å²) in [6.45, 7) is 15.0. The predicted molar refractivity (Wildman–Crippen MR) is 85.9 cm³/mol. The normalized spacial score (nSPS) is 20.6. The van der Waals surface area contributed by atoms with Crippen LogP contribution in [0.15, 0.2) is 28.4 Å². The lowest BCUT2D eigenvalue weighted by atomic mass is 9.85. The fourth-order valence-electron chi connectivity index (χ4n) is 2.50. The van der Waals surface area contributed by atoms with E-state index in [1.54, 1.807) is 6.20 Å². The van der Waals surface area contributed by atoms with E-state index in [9.17, 15) is 4.79 Å². The van der Waals surface area contributed by atoms with Crippen molar-refractivity contribution in [2.75, 3.05) is 6.54 Å². The molecule has 1 unspecified atom stereocenters. The fraction of sp³-hybridized carbons (Fsp3) is 0.647. The van der Waals surface area contributed by atoms with Crippen LogP contribution in [-0.4, -0.2) is 30.1 Å². The largest absolute Gasteiger partial charge is 0.336 e. The van der Waals surface area contributed by atoms with E-state index in [2.05, 4.69) is 46.3 Å². The number of nitrogens with zero attached hydrogens (tertiary/aromatic N) is 2. The summed E-state index contributed by atoms with van der Waals surface area (Å²) < 4.78 is 0. The van der Waals surface area contributed by atoms with Gasteiger partial charge in [-0.15, -0.1) is 0 Å². The average Bonchev–Trinajstić information content (AvgIpc) is 2.70. The first-order valence-electron chi connectivity index (χ1n) is 7.49. The third kappa shape index (κ3) is 4.06. The Morgan fingerprint density at radius 1 is 1.50 bits per heavy atom. The molecule has 1 saturated heterocycles. The van der Waals surface area contributed by atoms with E-state index < -0.39 is 0 Å². The van der Waals surface area contributed by atoms with E-state index in [0.717, 1.165) is 37.0 Å². The molecule has 20 heavy (non-hydrogen) atoms. The lowest BCUT2D eigenvalue weighted by molar-refractivity contribution is -0.126. The van der Waals surface area contributed by atoms with Crippen molar-refractivity contribution in [2.45, 2.75) is 59.9 Å². The van der Waals surface area contributed by atoms with Crippen molar-refractivity contribution in [3.8, 4) is 0 Å². The molecule has 1 atom stereocenters. The monoisotopic (exact) mass is 276 g/mol. The van der Waals surface area contributed by atoms with Crippen LogP contribution in [0.25, 0.3) is 0 Å². The Morgan fingerprint density at radius 3 is 2.65 bits per heavy atom. The Morgan fingerprint density at radius 2 is 2.15 bits per heavy atom. The molecule has 0 aromatic carbocycles. The molecule has 0 aromatic rings. The number of hydrogen-bond donors (Lipinski definition) is 0. The second kappa shape index (κ2) is 6.87. The van der Waals surface area contributed by atoms with Crippen LogP contribution in [0, 0.1) is 5.41 Å². The van der Waals surface area contributed by atoms with Gasteiger partial charge < -0.3 is 4.90 Å². The van der Waals surface area contributed by atoms with Crippen molar-refractivity contribution in [3.63, 3.8) is 0 Å². The Labute approximate surface area is 123 Å². The van der Waals surface area contributed by atoms with Crippen LogP contribution in [0.5, 0.6) is 0 Å². The molecule has 0 spiro atoms. The summed E-state index contributed by atoms with van der Waals surface area (Å²) in [5.74, 6) is 0.185. The van der Waals surface area contributed by atoms with Crippen LogP contribution in [0.2, 0.25) is 0 Å². The minimum absolute atomic E-state index is 0.0308. The van der Waals surface area contributed by atoms with Crippen LogP contribution in [0.3, 0.4) is 0 Å². The van der Waals surface area contributed by atoms with Crippen LogP contribution >= 0.6 is 0 Å². The Kier molecular flexibility index (Phi) is 5.73. The maximum Gasteiger partial charge on any atom is 0.250 e. The van der Waals surface area contributed by atoms with E-state index >= 15 is 0 Å². The summed E-state index contributed by atoms with van der Waals surface area (Å²) in [5.41, 5.74) is 1.93. The third-order valence-corrected chi connectivity index (χ3v) is 3.82. The molecule has 1 fully saturated rings. The molecule has 1 heterocycles. The second-order valence-electron chi connectivity index (χ2n) is 6.57. The zero-order valence-corrected chi connectivity index (χ0v) is 13.6. The van der Waals surface area contributed by atoms with Crippen molar-refractivity contribution in [1.29, 1.82) is 0 Å². The topological polar surface area (TPSA) is 32.7 Å². The summed E-state index contributed by atoms with van der Waals surface area (Å²) in [6, 6.07) is 0.331. The Balaban J connectivity index is 2.93. The van der Waals surface area contributed by atoms with E-state index in [1.807, 2.05) is 11.0 Å². The van der Waals surface area contributed by atoms with Crippen LogP contribution in [-0.2, 0) is 4.79 Å². The quantitative estimate of drug-likeness (QED) is 0.552. The van der Waals surface area contributed by atoms with Gasteiger partial charge in [-0.25, -0.2) is 0 Å². The highest BCUT2D eigenvalue weighted by Gasteiger charge is 2.30. The minimum Gasteiger partial charge on any atom is -0.336 e. The summed E-state index contributed by atoms with van der Waals surface area (Å²) in [6.07, 6.45) is 6.78. The fourth-order valence-corrected chi connectivity index (χ4v) is 2.50. The van der Waals surface area contributed by atoms with Gasteiger partial charge in [-0.2, -0.15) is 0 Å². The van der Waals surface area contributed by atoms with Crippen molar-refractivity contribution >= 4 is 12.6 Å².